The van der Waals surface area contributed by atoms with Crippen LogP contribution in [-0.4, -0.2) is 0 Å². The zero-order valence-electron chi connectivity index (χ0n) is 28.3. The molecule has 0 heteroatoms. The first-order valence-corrected chi connectivity index (χ1v) is 19.5. The van der Waals surface area contributed by atoms with Gasteiger partial charge in [0.05, 0.1) is 0 Å². The van der Waals surface area contributed by atoms with E-state index in [2.05, 4.69) is 13.8 Å². The molecule has 0 aromatic rings. The number of unbranched alkanes of at least 4 members (excludes halogenated alkanes) is 37. The van der Waals surface area contributed by atoms with Gasteiger partial charge in [0.25, 0.3) is 0 Å². The minimum Gasteiger partial charge on any atom is -0.0533 e. The van der Waals surface area contributed by atoms with Crippen LogP contribution >= 0.6 is 0 Å². The third-order valence-electron chi connectivity index (χ3n) is 9.25. The van der Waals surface area contributed by atoms with E-state index in [9.17, 15) is 0 Å². The van der Waals surface area contributed by atoms with Crippen molar-refractivity contribution in [2.24, 2.45) is 0 Å². The molecule has 0 aliphatic carbocycles. The van der Waals surface area contributed by atoms with Crippen LogP contribution in [0.3, 0.4) is 0 Å². The number of hydrogen-bond acceptors (Lipinski definition) is 0. The third kappa shape index (κ3) is 38.0. The van der Waals surface area contributed by atoms with Gasteiger partial charge in [0.2, 0.25) is 0 Å². The minimum absolute atomic E-state index is 1.12. The average Bonchev–Trinajstić information content (AvgIpc) is 2.97. The summed E-state index contributed by atoms with van der Waals surface area (Å²) < 4.78 is 0. The first kappa shape index (κ1) is 40.0. The van der Waals surface area contributed by atoms with Gasteiger partial charge in [0, 0.05) is 0 Å². The highest BCUT2D eigenvalue weighted by Gasteiger charge is 1.97. The predicted octanol–water partition coefficient (Wildman–Crippen LogP) is 15.5. The van der Waals surface area contributed by atoms with Crippen molar-refractivity contribution in [3.05, 3.63) is 13.8 Å². The summed E-state index contributed by atoms with van der Waals surface area (Å²) in [5.41, 5.74) is 0. The molecule has 0 aliphatic rings. The van der Waals surface area contributed by atoms with Gasteiger partial charge in [0.1, 0.15) is 0 Å². The predicted molar refractivity (Wildman–Crippen MR) is 186 cm³/mol. The molecule has 0 nitrogen and oxygen atoms in total. The highest BCUT2D eigenvalue weighted by Crippen LogP contribution is 2.17. The van der Waals surface area contributed by atoms with Crippen LogP contribution in [0.25, 0.3) is 0 Å². The molecule has 0 rings (SSSR count). The standard InChI is InChI=1S/C40H80/c1-3-5-7-9-11-13-15-17-19-21-23-25-27-29-31-33-35-37-39-40-38-36-34-32-30-28-26-24-22-20-18-16-14-12-10-8-6-4-2/h1-40H2. The van der Waals surface area contributed by atoms with Gasteiger partial charge >= 0.3 is 0 Å². The molecule has 0 fully saturated rings. The molecule has 0 N–H and O–H groups in total. The van der Waals surface area contributed by atoms with E-state index in [1.165, 1.54) is 231 Å². The lowest BCUT2D eigenvalue weighted by Gasteiger charge is -2.05. The van der Waals surface area contributed by atoms with Gasteiger partial charge in [-0.15, -0.1) is 0 Å². The Kier molecular flexibility index (Phi) is 39.0. The molecule has 0 saturated heterocycles. The van der Waals surface area contributed by atoms with E-state index in [0.717, 1.165) is 12.8 Å². The molecule has 0 aliphatic heterocycles. The molecule has 0 aromatic carbocycles. The zero-order chi connectivity index (χ0) is 28.9. The average molecular weight is 561 g/mol. The lowest BCUT2D eigenvalue weighted by molar-refractivity contribution is 0.510. The largest absolute Gasteiger partial charge is 0.0533 e. The highest BCUT2D eigenvalue weighted by atomic mass is 14.0. The van der Waals surface area contributed by atoms with Crippen molar-refractivity contribution in [2.75, 3.05) is 0 Å². The maximum Gasteiger partial charge on any atom is -0.0533 e. The molecule has 0 atom stereocenters. The SMILES string of the molecule is [CH2]CCCCCCCCCCCCCCCCCCCCCCCCCCCCCCCCCCCCCC[CH2]. The minimum atomic E-state index is 1.12. The van der Waals surface area contributed by atoms with Crippen LogP contribution in [0.1, 0.15) is 244 Å². The lowest BCUT2D eigenvalue weighted by atomic mass is 10.0. The van der Waals surface area contributed by atoms with E-state index in [4.69, 9.17) is 0 Å². The molecule has 2 radical (unpaired) electrons. The Bertz CT molecular complexity index is 361. The zero-order valence-corrected chi connectivity index (χ0v) is 28.3. The Morgan fingerprint density at radius 3 is 0.275 bits per heavy atom. The summed E-state index contributed by atoms with van der Waals surface area (Å²) in [5, 5.41) is 0. The Labute approximate surface area is 257 Å². The highest BCUT2D eigenvalue weighted by molar-refractivity contribution is 4.53. The van der Waals surface area contributed by atoms with Crippen LogP contribution in [0.4, 0.5) is 0 Å². The van der Waals surface area contributed by atoms with Gasteiger partial charge in [-0.25, -0.2) is 0 Å². The lowest BCUT2D eigenvalue weighted by Crippen LogP contribution is -1.85. The van der Waals surface area contributed by atoms with Crippen molar-refractivity contribution >= 4 is 0 Å². The van der Waals surface area contributed by atoms with Gasteiger partial charge in [-0.05, 0) is 0 Å². The van der Waals surface area contributed by atoms with Crippen molar-refractivity contribution in [3.63, 3.8) is 0 Å². The fraction of sp³-hybridized carbons (Fsp3) is 0.950. The van der Waals surface area contributed by atoms with Gasteiger partial charge in [-0.1, -0.05) is 258 Å². The van der Waals surface area contributed by atoms with Crippen molar-refractivity contribution in [3.8, 4) is 0 Å². The van der Waals surface area contributed by atoms with Crippen molar-refractivity contribution in [1.82, 2.24) is 0 Å². The molecule has 0 unspecified atom stereocenters. The quantitative estimate of drug-likeness (QED) is 0.0663. The first-order chi connectivity index (χ1) is 19.9. The van der Waals surface area contributed by atoms with E-state index < -0.39 is 0 Å². The maximum absolute atomic E-state index is 3.93. The van der Waals surface area contributed by atoms with Gasteiger partial charge in [0.15, 0.2) is 0 Å². The number of rotatable bonds is 37. The summed E-state index contributed by atoms with van der Waals surface area (Å²) in [5.74, 6) is 0. The Hall–Kier alpha value is 0. The van der Waals surface area contributed by atoms with E-state index >= 15 is 0 Å². The summed E-state index contributed by atoms with van der Waals surface area (Å²) >= 11 is 0. The summed E-state index contributed by atoms with van der Waals surface area (Å²) in [6, 6.07) is 0. The normalized spacial score (nSPS) is 11.6. The number of hydrogen-bond donors (Lipinski definition) is 0. The summed E-state index contributed by atoms with van der Waals surface area (Å²) in [6.45, 7) is 7.86. The molecule has 0 bridgehead atoms. The summed E-state index contributed by atoms with van der Waals surface area (Å²) in [7, 11) is 0. The summed E-state index contributed by atoms with van der Waals surface area (Å²) in [6.07, 6.45) is 55.1. The van der Waals surface area contributed by atoms with Crippen LogP contribution in [0, 0.1) is 13.8 Å². The smallest absolute Gasteiger partial charge is 0.0533 e. The molecule has 0 spiro atoms. The molecule has 0 amide bonds. The van der Waals surface area contributed by atoms with Crippen molar-refractivity contribution in [1.29, 1.82) is 0 Å². The Morgan fingerprint density at radius 1 is 0.125 bits per heavy atom. The van der Waals surface area contributed by atoms with Crippen LogP contribution in [0.5, 0.6) is 0 Å². The molecule has 0 heterocycles. The van der Waals surface area contributed by atoms with Gasteiger partial charge in [-0.3, -0.25) is 0 Å². The maximum atomic E-state index is 3.93. The topological polar surface area (TPSA) is 0 Å². The molecule has 0 aromatic heterocycles. The van der Waals surface area contributed by atoms with Gasteiger partial charge in [-0.2, -0.15) is 0 Å². The summed E-state index contributed by atoms with van der Waals surface area (Å²) in [4.78, 5) is 0. The first-order valence-electron chi connectivity index (χ1n) is 19.5. The monoisotopic (exact) mass is 561 g/mol. The fourth-order valence-corrected chi connectivity index (χ4v) is 6.36. The molecular weight excluding hydrogens is 480 g/mol. The van der Waals surface area contributed by atoms with E-state index in [1.54, 1.807) is 0 Å². The third-order valence-corrected chi connectivity index (χ3v) is 9.25. The van der Waals surface area contributed by atoms with Crippen molar-refractivity contribution in [2.45, 2.75) is 244 Å². The Balaban J connectivity index is 3.01. The van der Waals surface area contributed by atoms with Crippen molar-refractivity contribution < 1.29 is 0 Å². The Morgan fingerprint density at radius 2 is 0.200 bits per heavy atom. The van der Waals surface area contributed by atoms with Crippen LogP contribution in [0.2, 0.25) is 0 Å². The van der Waals surface area contributed by atoms with Gasteiger partial charge < -0.3 is 0 Å². The van der Waals surface area contributed by atoms with Crippen LogP contribution < -0.4 is 0 Å². The van der Waals surface area contributed by atoms with E-state index in [-0.39, 0.29) is 0 Å². The molecule has 0 saturated carbocycles. The van der Waals surface area contributed by atoms with E-state index in [1.807, 2.05) is 0 Å². The molecular formula is C40H80. The van der Waals surface area contributed by atoms with Crippen LogP contribution in [0.15, 0.2) is 0 Å². The van der Waals surface area contributed by atoms with E-state index in [0.29, 0.717) is 0 Å². The molecule has 40 heavy (non-hydrogen) atoms. The fourth-order valence-electron chi connectivity index (χ4n) is 6.36. The second kappa shape index (κ2) is 39.0. The second-order valence-electron chi connectivity index (χ2n) is 13.4. The second-order valence-corrected chi connectivity index (χ2v) is 13.4. The molecule has 240 valence electrons. The van der Waals surface area contributed by atoms with Crippen LogP contribution in [-0.2, 0) is 0 Å².